The zero-order chi connectivity index (χ0) is 19.9. The molecule has 0 radical (unpaired) electrons. The number of fused-ring (bicyclic) bond motifs is 2. The van der Waals surface area contributed by atoms with Gasteiger partial charge in [-0.05, 0) is 54.2 Å². The highest BCUT2D eigenvalue weighted by Crippen LogP contribution is 2.65. The summed E-state index contributed by atoms with van der Waals surface area (Å²) in [6.07, 6.45) is 8.21. The minimum Gasteiger partial charge on any atom is -0.452 e. The van der Waals surface area contributed by atoms with Gasteiger partial charge in [-0.25, -0.2) is 14.5 Å². The minimum atomic E-state index is -0.561. The van der Waals surface area contributed by atoms with Crippen LogP contribution in [0.25, 0.3) is 5.82 Å². The van der Waals surface area contributed by atoms with Crippen LogP contribution in [-0.4, -0.2) is 39.3 Å². The van der Waals surface area contributed by atoms with Crippen LogP contribution in [0.4, 0.5) is 0 Å². The van der Waals surface area contributed by atoms with Crippen molar-refractivity contribution in [2.45, 2.75) is 46.1 Å². The Labute approximate surface area is 164 Å². The van der Waals surface area contributed by atoms with Gasteiger partial charge in [0.15, 0.2) is 12.4 Å². The molecular weight excluding hydrogens is 356 g/mol. The highest BCUT2D eigenvalue weighted by Gasteiger charge is 2.61. The molecule has 2 fully saturated rings. The monoisotopic (exact) mass is 382 g/mol. The maximum atomic E-state index is 12.4. The first kappa shape index (κ1) is 18.7. The van der Waals surface area contributed by atoms with E-state index in [1.807, 2.05) is 0 Å². The van der Waals surface area contributed by atoms with E-state index in [4.69, 9.17) is 4.74 Å². The molecule has 2 bridgehead atoms. The summed E-state index contributed by atoms with van der Waals surface area (Å²) < 4.78 is 6.78. The minimum absolute atomic E-state index is 0.101. The van der Waals surface area contributed by atoms with E-state index < -0.39 is 5.97 Å². The second-order valence-electron chi connectivity index (χ2n) is 8.66. The number of hydrogen-bond acceptors (Lipinski definition) is 5. The summed E-state index contributed by atoms with van der Waals surface area (Å²) in [5, 5.41) is 7.18. The van der Waals surface area contributed by atoms with E-state index in [2.05, 4.69) is 36.2 Å². The molecule has 4 rings (SSSR count). The molecule has 0 aromatic carbocycles. The van der Waals surface area contributed by atoms with Gasteiger partial charge < -0.3 is 10.1 Å². The van der Waals surface area contributed by atoms with Crippen LogP contribution in [0.5, 0.6) is 0 Å². The van der Waals surface area contributed by atoms with Crippen molar-refractivity contribution in [2.75, 3.05) is 6.61 Å². The van der Waals surface area contributed by atoms with Gasteiger partial charge in [-0.15, -0.1) is 0 Å². The van der Waals surface area contributed by atoms with Crippen LogP contribution in [0, 0.1) is 16.7 Å². The van der Waals surface area contributed by atoms with E-state index >= 15 is 0 Å². The van der Waals surface area contributed by atoms with Gasteiger partial charge in [-0.1, -0.05) is 20.8 Å². The number of carbonyl (C=O) groups excluding carboxylic acids is 2. The third kappa shape index (κ3) is 2.99. The number of pyridine rings is 1. The normalized spacial score (nSPS) is 27.5. The van der Waals surface area contributed by atoms with Crippen molar-refractivity contribution in [3.63, 3.8) is 0 Å². The molecule has 148 valence electrons. The summed E-state index contributed by atoms with van der Waals surface area (Å²) >= 11 is 0. The van der Waals surface area contributed by atoms with Gasteiger partial charge in [0, 0.05) is 24.6 Å². The van der Waals surface area contributed by atoms with E-state index in [1.54, 1.807) is 35.3 Å². The van der Waals surface area contributed by atoms with Crippen LogP contribution in [0.1, 0.15) is 50.4 Å². The first-order valence-corrected chi connectivity index (χ1v) is 9.74. The van der Waals surface area contributed by atoms with Gasteiger partial charge in [0.05, 0.1) is 5.56 Å². The second-order valence-corrected chi connectivity index (χ2v) is 8.66. The van der Waals surface area contributed by atoms with Crippen molar-refractivity contribution in [2.24, 2.45) is 16.7 Å². The summed E-state index contributed by atoms with van der Waals surface area (Å²) in [6.45, 7) is 6.59. The van der Waals surface area contributed by atoms with Gasteiger partial charge in [0.1, 0.15) is 0 Å². The summed E-state index contributed by atoms with van der Waals surface area (Å²) in [5.41, 5.74) is 0.629. The molecule has 28 heavy (non-hydrogen) atoms. The Morgan fingerprint density at radius 1 is 1.32 bits per heavy atom. The molecule has 2 aliphatic rings. The Morgan fingerprint density at radius 2 is 2.14 bits per heavy atom. The number of hydrogen-bond donors (Lipinski definition) is 1. The van der Waals surface area contributed by atoms with Crippen LogP contribution in [0.15, 0.2) is 36.8 Å². The summed E-state index contributed by atoms with van der Waals surface area (Å²) in [6, 6.07) is 5.23. The molecule has 2 aromatic rings. The lowest BCUT2D eigenvalue weighted by molar-refractivity contribution is -0.126. The van der Waals surface area contributed by atoms with Gasteiger partial charge in [0.25, 0.3) is 5.91 Å². The number of ether oxygens (including phenoxy) is 1. The van der Waals surface area contributed by atoms with Gasteiger partial charge in [-0.2, -0.15) is 5.10 Å². The van der Waals surface area contributed by atoms with E-state index in [1.165, 1.54) is 12.6 Å². The molecule has 3 atom stereocenters. The van der Waals surface area contributed by atoms with Gasteiger partial charge >= 0.3 is 5.97 Å². The van der Waals surface area contributed by atoms with E-state index in [0.29, 0.717) is 17.3 Å². The van der Waals surface area contributed by atoms with E-state index in [-0.39, 0.29) is 29.4 Å². The van der Waals surface area contributed by atoms with Crippen LogP contribution in [0.3, 0.4) is 0 Å². The van der Waals surface area contributed by atoms with Gasteiger partial charge in [-0.3, -0.25) is 4.79 Å². The predicted molar refractivity (Wildman–Crippen MR) is 103 cm³/mol. The molecule has 2 saturated carbocycles. The number of aromatic nitrogens is 3. The van der Waals surface area contributed by atoms with Crippen molar-refractivity contribution in [3.05, 3.63) is 42.4 Å². The fourth-order valence-electron chi connectivity index (χ4n) is 4.92. The smallest absolute Gasteiger partial charge is 0.340 e. The summed E-state index contributed by atoms with van der Waals surface area (Å²) in [7, 11) is 0. The lowest BCUT2D eigenvalue weighted by Crippen LogP contribution is -2.48. The fraction of sp³-hybridized carbons (Fsp3) is 0.524. The van der Waals surface area contributed by atoms with Crippen LogP contribution in [-0.2, 0) is 9.53 Å². The molecule has 0 spiro atoms. The number of carbonyl (C=O) groups is 2. The Bertz CT molecular complexity index is 876. The molecule has 3 unspecified atom stereocenters. The molecule has 7 heteroatoms. The predicted octanol–water partition coefficient (Wildman–Crippen LogP) is 2.76. The maximum Gasteiger partial charge on any atom is 0.340 e. The van der Waals surface area contributed by atoms with Crippen molar-refractivity contribution in [3.8, 4) is 5.82 Å². The molecule has 7 nitrogen and oxygen atoms in total. The molecule has 2 heterocycles. The number of rotatable bonds is 5. The molecule has 2 aromatic heterocycles. The quantitative estimate of drug-likeness (QED) is 0.804. The fourth-order valence-corrected chi connectivity index (χ4v) is 4.92. The van der Waals surface area contributed by atoms with Crippen molar-refractivity contribution < 1.29 is 14.3 Å². The van der Waals surface area contributed by atoms with E-state index in [9.17, 15) is 9.59 Å². The average molecular weight is 382 g/mol. The lowest BCUT2D eigenvalue weighted by atomic mass is 9.69. The number of amides is 1. The topological polar surface area (TPSA) is 86.1 Å². The number of nitrogens with zero attached hydrogens (tertiary/aromatic N) is 3. The maximum absolute atomic E-state index is 12.4. The first-order valence-electron chi connectivity index (χ1n) is 9.74. The third-order valence-electron chi connectivity index (χ3n) is 7.19. The summed E-state index contributed by atoms with van der Waals surface area (Å²) in [5.74, 6) is 0.439. The Balaban J connectivity index is 1.31. The third-order valence-corrected chi connectivity index (χ3v) is 7.19. The van der Waals surface area contributed by atoms with Crippen LogP contribution in [0.2, 0.25) is 0 Å². The Morgan fingerprint density at radius 3 is 2.71 bits per heavy atom. The standard InChI is InChI=1S/C21H26N4O3/c1-20(2)15-7-8-21(20,3)16(11-15)24-18(26)13-28-19(27)14-5-6-17(22-12-14)25-10-4-9-23-25/h4-6,9-10,12,15-16H,7-8,11,13H2,1-3H3,(H,24,26). The summed E-state index contributed by atoms with van der Waals surface area (Å²) in [4.78, 5) is 28.8. The van der Waals surface area contributed by atoms with E-state index in [0.717, 1.165) is 12.8 Å². The largest absolute Gasteiger partial charge is 0.452 e. The molecule has 1 N–H and O–H groups in total. The van der Waals surface area contributed by atoms with Crippen LogP contribution >= 0.6 is 0 Å². The van der Waals surface area contributed by atoms with Crippen molar-refractivity contribution in [1.82, 2.24) is 20.1 Å². The molecular formula is C21H26N4O3. The Kier molecular flexibility index (Phi) is 4.48. The Hall–Kier alpha value is -2.70. The molecule has 0 aliphatic heterocycles. The zero-order valence-corrected chi connectivity index (χ0v) is 16.5. The highest BCUT2D eigenvalue weighted by molar-refractivity contribution is 5.91. The molecule has 2 aliphatic carbocycles. The number of nitrogens with one attached hydrogen (secondary N) is 1. The first-order chi connectivity index (χ1) is 13.3. The molecule has 0 saturated heterocycles. The SMILES string of the molecule is CC1(C)C2CCC1(C)C(NC(=O)COC(=O)c1ccc(-n3cccn3)nc1)C2. The van der Waals surface area contributed by atoms with Crippen LogP contribution < -0.4 is 5.32 Å². The highest BCUT2D eigenvalue weighted by atomic mass is 16.5. The van der Waals surface area contributed by atoms with Crippen molar-refractivity contribution >= 4 is 11.9 Å². The average Bonchev–Trinajstić information content (AvgIpc) is 3.33. The zero-order valence-electron chi connectivity index (χ0n) is 16.5. The number of esters is 1. The second kappa shape index (κ2) is 6.72. The molecule has 1 amide bonds. The van der Waals surface area contributed by atoms with Gasteiger partial charge in [0.2, 0.25) is 0 Å². The lowest BCUT2D eigenvalue weighted by Gasteiger charge is -2.39. The van der Waals surface area contributed by atoms with Crippen molar-refractivity contribution in [1.29, 1.82) is 0 Å².